The van der Waals surface area contributed by atoms with E-state index >= 15 is 0 Å². The average molecular weight is 276 g/mol. The molecule has 1 heterocycles. The smallest absolute Gasteiger partial charge is 0.280 e. The average Bonchev–Trinajstić information content (AvgIpc) is 2.80. The Bertz CT molecular complexity index is 606. The van der Waals surface area contributed by atoms with Crippen molar-refractivity contribution in [1.29, 1.82) is 0 Å². The van der Waals surface area contributed by atoms with Gasteiger partial charge in [-0.3, -0.25) is 9.89 Å². The van der Waals surface area contributed by atoms with Crippen molar-refractivity contribution in [1.82, 2.24) is 10.2 Å². The van der Waals surface area contributed by atoms with Crippen LogP contribution in [-0.4, -0.2) is 23.2 Å². The first-order valence-corrected chi connectivity index (χ1v) is 6.41. The lowest BCUT2D eigenvalue weighted by molar-refractivity contribution is 0.0989. The zero-order chi connectivity index (χ0) is 14.7. The van der Waals surface area contributed by atoms with Crippen molar-refractivity contribution < 1.29 is 9.18 Å². The van der Waals surface area contributed by atoms with Gasteiger partial charge in [-0.2, -0.15) is 5.10 Å². The minimum absolute atomic E-state index is 0.195. The number of amides is 1. The van der Waals surface area contributed by atoms with Crippen LogP contribution in [-0.2, 0) is 6.42 Å². The molecule has 0 saturated carbocycles. The first-order valence-electron chi connectivity index (χ1n) is 6.41. The lowest BCUT2D eigenvalue weighted by Crippen LogP contribution is -2.27. The van der Waals surface area contributed by atoms with Crippen LogP contribution in [0, 0.1) is 5.82 Å². The van der Waals surface area contributed by atoms with Gasteiger partial charge in [-0.25, -0.2) is 4.39 Å². The molecule has 0 aliphatic rings. The molecule has 2 rings (SSSR count). The number of nitrogens with one attached hydrogen (secondary N) is 1. The standard InChI is InChI=1S/C14H17FN4O/c1-3-4-11-12(16)13(18-17-11)14(20)19(2)10-7-5-9(15)6-8-10/h5-8H,3-4,16H2,1-2H3,(H,17,18). The highest BCUT2D eigenvalue weighted by molar-refractivity contribution is 6.07. The number of hydrogen-bond donors (Lipinski definition) is 2. The van der Waals surface area contributed by atoms with Crippen LogP contribution >= 0.6 is 0 Å². The van der Waals surface area contributed by atoms with Crippen LogP contribution < -0.4 is 10.6 Å². The molecular weight excluding hydrogens is 259 g/mol. The monoisotopic (exact) mass is 276 g/mol. The van der Waals surface area contributed by atoms with E-state index in [0.717, 1.165) is 18.5 Å². The Balaban J connectivity index is 2.24. The fourth-order valence-electron chi connectivity index (χ4n) is 1.93. The van der Waals surface area contributed by atoms with E-state index in [0.29, 0.717) is 11.4 Å². The third-order valence-electron chi connectivity index (χ3n) is 3.10. The van der Waals surface area contributed by atoms with Gasteiger partial charge in [0.15, 0.2) is 5.69 Å². The maximum atomic E-state index is 12.9. The third kappa shape index (κ3) is 2.64. The molecule has 106 valence electrons. The fourth-order valence-corrected chi connectivity index (χ4v) is 1.93. The Morgan fingerprint density at radius 3 is 2.65 bits per heavy atom. The molecular formula is C14H17FN4O. The summed E-state index contributed by atoms with van der Waals surface area (Å²) < 4.78 is 12.9. The van der Waals surface area contributed by atoms with Gasteiger partial charge in [0, 0.05) is 12.7 Å². The fraction of sp³-hybridized carbons (Fsp3) is 0.286. The number of carbonyl (C=O) groups excluding carboxylic acids is 1. The number of benzene rings is 1. The summed E-state index contributed by atoms with van der Waals surface area (Å²) in [5.74, 6) is -0.674. The first kappa shape index (κ1) is 14.0. The molecule has 0 bridgehead atoms. The summed E-state index contributed by atoms with van der Waals surface area (Å²) in [6.07, 6.45) is 1.65. The number of nitrogens with zero attached hydrogens (tertiary/aromatic N) is 2. The van der Waals surface area contributed by atoms with Gasteiger partial charge in [0.2, 0.25) is 0 Å². The number of nitrogens with two attached hydrogens (primary N) is 1. The maximum Gasteiger partial charge on any atom is 0.280 e. The second-order valence-electron chi connectivity index (χ2n) is 4.56. The first-order chi connectivity index (χ1) is 9.54. The Kier molecular flexibility index (Phi) is 4.02. The second-order valence-corrected chi connectivity index (χ2v) is 4.56. The molecule has 0 atom stereocenters. The van der Waals surface area contributed by atoms with Crippen molar-refractivity contribution in [3.63, 3.8) is 0 Å². The van der Waals surface area contributed by atoms with E-state index < -0.39 is 0 Å². The van der Waals surface area contributed by atoms with Gasteiger partial charge in [0.05, 0.1) is 11.4 Å². The minimum atomic E-state index is -0.348. The summed E-state index contributed by atoms with van der Waals surface area (Å²) in [5, 5.41) is 6.77. The summed E-state index contributed by atoms with van der Waals surface area (Å²) in [6, 6.07) is 5.66. The van der Waals surface area contributed by atoms with E-state index in [1.165, 1.54) is 29.2 Å². The van der Waals surface area contributed by atoms with Gasteiger partial charge in [-0.05, 0) is 30.7 Å². The van der Waals surface area contributed by atoms with Crippen LogP contribution in [0.3, 0.4) is 0 Å². The van der Waals surface area contributed by atoms with Gasteiger partial charge in [-0.1, -0.05) is 13.3 Å². The zero-order valence-electron chi connectivity index (χ0n) is 11.5. The number of aryl methyl sites for hydroxylation is 1. The van der Waals surface area contributed by atoms with Crippen molar-refractivity contribution in [2.45, 2.75) is 19.8 Å². The van der Waals surface area contributed by atoms with Crippen LogP contribution in [0.25, 0.3) is 0 Å². The van der Waals surface area contributed by atoms with Crippen LogP contribution in [0.15, 0.2) is 24.3 Å². The highest BCUT2D eigenvalue weighted by Gasteiger charge is 2.21. The van der Waals surface area contributed by atoms with Gasteiger partial charge in [0.1, 0.15) is 5.82 Å². The maximum absolute atomic E-state index is 12.9. The Labute approximate surface area is 116 Å². The Hall–Kier alpha value is -2.37. The van der Waals surface area contributed by atoms with Crippen LogP contribution in [0.2, 0.25) is 0 Å². The number of H-pyrrole nitrogens is 1. The number of anilines is 2. The third-order valence-corrected chi connectivity index (χ3v) is 3.10. The van der Waals surface area contributed by atoms with E-state index in [4.69, 9.17) is 5.73 Å². The Morgan fingerprint density at radius 1 is 1.40 bits per heavy atom. The molecule has 6 heteroatoms. The minimum Gasteiger partial charge on any atom is -0.395 e. The van der Waals surface area contributed by atoms with Crippen molar-refractivity contribution in [2.75, 3.05) is 17.7 Å². The van der Waals surface area contributed by atoms with Gasteiger partial charge < -0.3 is 10.6 Å². The topological polar surface area (TPSA) is 75.0 Å². The quantitative estimate of drug-likeness (QED) is 0.900. The Morgan fingerprint density at radius 2 is 2.05 bits per heavy atom. The van der Waals surface area contributed by atoms with Crippen molar-refractivity contribution >= 4 is 17.3 Å². The molecule has 2 aromatic rings. The van der Waals surface area contributed by atoms with Crippen LogP contribution in [0.5, 0.6) is 0 Å². The van der Waals surface area contributed by atoms with E-state index in [1.807, 2.05) is 6.92 Å². The summed E-state index contributed by atoms with van der Waals surface area (Å²) in [6.45, 7) is 2.02. The van der Waals surface area contributed by atoms with E-state index in [1.54, 1.807) is 7.05 Å². The van der Waals surface area contributed by atoms with Crippen molar-refractivity contribution in [3.8, 4) is 0 Å². The number of halogens is 1. The largest absolute Gasteiger partial charge is 0.395 e. The molecule has 1 aromatic heterocycles. The number of rotatable bonds is 4. The van der Waals surface area contributed by atoms with E-state index in [2.05, 4.69) is 10.2 Å². The molecule has 0 aliphatic heterocycles. The molecule has 20 heavy (non-hydrogen) atoms. The summed E-state index contributed by atoms with van der Waals surface area (Å²) >= 11 is 0. The highest BCUT2D eigenvalue weighted by Crippen LogP contribution is 2.20. The molecule has 1 aromatic carbocycles. The van der Waals surface area contributed by atoms with Gasteiger partial charge >= 0.3 is 0 Å². The molecule has 3 N–H and O–H groups in total. The molecule has 0 saturated heterocycles. The lowest BCUT2D eigenvalue weighted by Gasteiger charge is -2.16. The molecule has 0 radical (unpaired) electrons. The molecule has 0 aliphatic carbocycles. The van der Waals surface area contributed by atoms with E-state index in [9.17, 15) is 9.18 Å². The van der Waals surface area contributed by atoms with E-state index in [-0.39, 0.29) is 17.4 Å². The predicted molar refractivity (Wildman–Crippen MR) is 76.1 cm³/mol. The van der Waals surface area contributed by atoms with Crippen molar-refractivity contribution in [2.24, 2.45) is 0 Å². The number of carbonyl (C=O) groups is 1. The molecule has 1 amide bonds. The molecule has 5 nitrogen and oxygen atoms in total. The predicted octanol–water partition coefficient (Wildman–Crippen LogP) is 2.36. The van der Waals surface area contributed by atoms with Gasteiger partial charge in [0.25, 0.3) is 5.91 Å². The lowest BCUT2D eigenvalue weighted by atomic mass is 10.2. The van der Waals surface area contributed by atoms with Crippen LogP contribution in [0.1, 0.15) is 29.5 Å². The molecule has 0 spiro atoms. The summed E-state index contributed by atoms with van der Waals surface area (Å²) in [7, 11) is 1.60. The van der Waals surface area contributed by atoms with Crippen molar-refractivity contribution in [3.05, 3.63) is 41.5 Å². The highest BCUT2D eigenvalue weighted by atomic mass is 19.1. The van der Waals surface area contributed by atoms with Gasteiger partial charge in [-0.15, -0.1) is 0 Å². The number of aromatic amines is 1. The van der Waals surface area contributed by atoms with Crippen LogP contribution in [0.4, 0.5) is 15.8 Å². The normalized spacial score (nSPS) is 10.6. The summed E-state index contributed by atoms with van der Waals surface area (Å²) in [5.41, 5.74) is 7.85. The zero-order valence-corrected chi connectivity index (χ0v) is 11.5. The summed E-state index contributed by atoms with van der Waals surface area (Å²) in [4.78, 5) is 13.7. The SMILES string of the molecule is CCCc1[nH]nc(C(=O)N(C)c2ccc(F)cc2)c1N. The number of hydrogen-bond acceptors (Lipinski definition) is 3. The number of aromatic nitrogens is 2. The second kappa shape index (κ2) is 5.73. The number of nitrogen functional groups attached to an aromatic ring is 1. The molecule has 0 unspecified atom stereocenters. The molecule has 0 fully saturated rings.